The van der Waals surface area contributed by atoms with E-state index in [1.54, 1.807) is 29.2 Å². The molecule has 0 aromatic heterocycles. The van der Waals surface area contributed by atoms with Crippen molar-refractivity contribution in [3.8, 4) is 0 Å². The molecule has 138 valence electrons. The number of rotatable bonds is 5. The number of para-hydroxylation sites is 2. The zero-order valence-electron chi connectivity index (χ0n) is 14.9. The van der Waals surface area contributed by atoms with Crippen molar-refractivity contribution < 1.29 is 14.4 Å². The van der Waals surface area contributed by atoms with Crippen LogP contribution in [0.1, 0.15) is 29.6 Å². The Balaban J connectivity index is 1.45. The van der Waals surface area contributed by atoms with Gasteiger partial charge in [-0.2, -0.15) is 0 Å². The summed E-state index contributed by atoms with van der Waals surface area (Å²) in [5, 5.41) is 5.78. The molecule has 6 nitrogen and oxygen atoms in total. The predicted molar refractivity (Wildman–Crippen MR) is 102 cm³/mol. The van der Waals surface area contributed by atoms with Gasteiger partial charge in [0.2, 0.25) is 11.8 Å². The maximum atomic E-state index is 12.7. The molecule has 1 saturated carbocycles. The molecule has 1 saturated heterocycles. The van der Waals surface area contributed by atoms with E-state index in [9.17, 15) is 14.4 Å². The topological polar surface area (TPSA) is 78.5 Å². The molecule has 0 unspecified atom stereocenters. The second kappa shape index (κ2) is 7.23. The van der Waals surface area contributed by atoms with Crippen LogP contribution in [-0.2, 0) is 9.59 Å². The van der Waals surface area contributed by atoms with E-state index in [-0.39, 0.29) is 30.2 Å². The first-order chi connectivity index (χ1) is 13.1. The Morgan fingerprint density at radius 3 is 2.41 bits per heavy atom. The summed E-state index contributed by atoms with van der Waals surface area (Å²) in [6.45, 7) is 0.338. The van der Waals surface area contributed by atoms with E-state index in [1.165, 1.54) is 0 Å². The van der Waals surface area contributed by atoms with E-state index < -0.39 is 5.92 Å². The van der Waals surface area contributed by atoms with E-state index in [0.29, 0.717) is 17.8 Å². The Hall–Kier alpha value is -3.15. The van der Waals surface area contributed by atoms with Crippen LogP contribution in [0.5, 0.6) is 0 Å². The van der Waals surface area contributed by atoms with E-state index in [4.69, 9.17) is 0 Å². The number of hydrogen-bond donors (Lipinski definition) is 2. The lowest BCUT2D eigenvalue weighted by Crippen LogP contribution is -2.30. The van der Waals surface area contributed by atoms with Gasteiger partial charge in [-0.15, -0.1) is 0 Å². The highest BCUT2D eigenvalue weighted by molar-refractivity contribution is 6.07. The molecule has 1 atom stereocenters. The van der Waals surface area contributed by atoms with Crippen LogP contribution in [0.4, 0.5) is 11.4 Å². The van der Waals surface area contributed by atoms with Crippen LogP contribution in [0.2, 0.25) is 0 Å². The van der Waals surface area contributed by atoms with E-state index in [1.807, 2.05) is 30.3 Å². The number of amides is 3. The van der Waals surface area contributed by atoms with Gasteiger partial charge < -0.3 is 15.5 Å². The minimum atomic E-state index is -0.447. The fourth-order valence-corrected chi connectivity index (χ4v) is 3.26. The molecule has 1 aliphatic carbocycles. The summed E-state index contributed by atoms with van der Waals surface area (Å²) in [6.07, 6.45) is 2.16. The summed E-state index contributed by atoms with van der Waals surface area (Å²) in [7, 11) is 0. The summed E-state index contributed by atoms with van der Waals surface area (Å²) >= 11 is 0. The van der Waals surface area contributed by atoms with Crippen molar-refractivity contribution in [3.05, 3.63) is 60.2 Å². The zero-order valence-corrected chi connectivity index (χ0v) is 14.9. The first kappa shape index (κ1) is 17.3. The van der Waals surface area contributed by atoms with Gasteiger partial charge in [0.25, 0.3) is 5.91 Å². The molecular weight excluding hydrogens is 342 g/mol. The van der Waals surface area contributed by atoms with Crippen LogP contribution in [-0.4, -0.2) is 30.3 Å². The van der Waals surface area contributed by atoms with Gasteiger partial charge in [-0.05, 0) is 37.1 Å². The van der Waals surface area contributed by atoms with Crippen molar-refractivity contribution in [2.75, 3.05) is 16.8 Å². The SMILES string of the molecule is O=C(NC1CC1)c1ccccc1NC(=O)[C@H]1CC(=O)N(c2ccccc2)C1. The van der Waals surface area contributed by atoms with Crippen molar-refractivity contribution in [3.63, 3.8) is 0 Å². The van der Waals surface area contributed by atoms with Crippen LogP contribution in [0.25, 0.3) is 0 Å². The van der Waals surface area contributed by atoms with Crippen LogP contribution in [0, 0.1) is 5.92 Å². The van der Waals surface area contributed by atoms with Gasteiger partial charge in [0, 0.05) is 24.7 Å². The molecule has 2 N–H and O–H groups in total. The van der Waals surface area contributed by atoms with Gasteiger partial charge in [0.05, 0.1) is 17.2 Å². The normalized spacial score (nSPS) is 19.0. The Bertz CT molecular complexity index is 877. The van der Waals surface area contributed by atoms with Crippen molar-refractivity contribution in [2.45, 2.75) is 25.3 Å². The number of nitrogens with one attached hydrogen (secondary N) is 2. The molecule has 2 aliphatic rings. The van der Waals surface area contributed by atoms with E-state index in [2.05, 4.69) is 10.6 Å². The largest absolute Gasteiger partial charge is 0.349 e. The lowest BCUT2D eigenvalue weighted by molar-refractivity contribution is -0.122. The first-order valence-electron chi connectivity index (χ1n) is 9.18. The molecule has 0 bridgehead atoms. The van der Waals surface area contributed by atoms with E-state index in [0.717, 1.165) is 18.5 Å². The lowest BCUT2D eigenvalue weighted by Gasteiger charge is -2.17. The molecule has 1 aliphatic heterocycles. The van der Waals surface area contributed by atoms with Gasteiger partial charge in [-0.1, -0.05) is 30.3 Å². The third kappa shape index (κ3) is 3.84. The smallest absolute Gasteiger partial charge is 0.253 e. The third-order valence-corrected chi connectivity index (χ3v) is 4.91. The Morgan fingerprint density at radius 1 is 0.963 bits per heavy atom. The summed E-state index contributed by atoms with van der Waals surface area (Å²) in [5.41, 5.74) is 1.72. The molecule has 6 heteroatoms. The van der Waals surface area contributed by atoms with Gasteiger partial charge in [0.15, 0.2) is 0 Å². The predicted octanol–water partition coefficient (Wildman–Crippen LogP) is 2.57. The lowest BCUT2D eigenvalue weighted by atomic mass is 10.1. The fourth-order valence-electron chi connectivity index (χ4n) is 3.26. The summed E-state index contributed by atoms with van der Waals surface area (Å²) in [5.74, 6) is -0.936. The Morgan fingerprint density at radius 2 is 1.67 bits per heavy atom. The Kier molecular flexibility index (Phi) is 4.62. The number of carbonyl (C=O) groups is 3. The maximum Gasteiger partial charge on any atom is 0.253 e. The zero-order chi connectivity index (χ0) is 18.8. The van der Waals surface area contributed by atoms with Crippen molar-refractivity contribution >= 4 is 29.1 Å². The summed E-state index contributed by atoms with van der Waals surface area (Å²) in [6, 6.07) is 16.5. The van der Waals surface area contributed by atoms with Crippen molar-refractivity contribution in [2.24, 2.45) is 5.92 Å². The molecule has 2 aromatic carbocycles. The van der Waals surface area contributed by atoms with Crippen LogP contribution < -0.4 is 15.5 Å². The second-order valence-electron chi connectivity index (χ2n) is 7.02. The number of anilines is 2. The Labute approximate surface area is 157 Å². The molecule has 0 spiro atoms. The fraction of sp³-hybridized carbons (Fsp3) is 0.286. The minimum Gasteiger partial charge on any atom is -0.349 e. The molecule has 1 heterocycles. The molecule has 0 radical (unpaired) electrons. The average molecular weight is 363 g/mol. The summed E-state index contributed by atoms with van der Waals surface area (Å²) < 4.78 is 0. The number of nitrogens with zero attached hydrogens (tertiary/aromatic N) is 1. The molecule has 3 amide bonds. The van der Waals surface area contributed by atoms with Gasteiger partial charge >= 0.3 is 0 Å². The molecule has 27 heavy (non-hydrogen) atoms. The molecule has 2 aromatic rings. The molecule has 2 fully saturated rings. The average Bonchev–Trinajstić information content (AvgIpc) is 3.41. The van der Waals surface area contributed by atoms with Crippen LogP contribution in [0.15, 0.2) is 54.6 Å². The highest BCUT2D eigenvalue weighted by atomic mass is 16.2. The van der Waals surface area contributed by atoms with E-state index >= 15 is 0 Å². The number of carbonyl (C=O) groups excluding carboxylic acids is 3. The standard InChI is InChI=1S/C21H21N3O3/c25-19-12-14(13-24(19)16-6-2-1-3-7-16)20(26)23-18-9-5-4-8-17(18)21(27)22-15-10-11-15/h1-9,14-15H,10-13H2,(H,22,27)(H,23,26)/t14-/m0/s1. The van der Waals surface area contributed by atoms with Crippen LogP contribution >= 0.6 is 0 Å². The highest BCUT2D eigenvalue weighted by Gasteiger charge is 2.35. The highest BCUT2D eigenvalue weighted by Crippen LogP contribution is 2.27. The number of hydrogen-bond acceptors (Lipinski definition) is 3. The van der Waals surface area contributed by atoms with Crippen molar-refractivity contribution in [1.82, 2.24) is 5.32 Å². The van der Waals surface area contributed by atoms with Crippen LogP contribution in [0.3, 0.4) is 0 Å². The second-order valence-corrected chi connectivity index (χ2v) is 7.02. The van der Waals surface area contributed by atoms with Gasteiger partial charge in [0.1, 0.15) is 0 Å². The minimum absolute atomic E-state index is 0.0684. The molecule has 4 rings (SSSR count). The maximum absolute atomic E-state index is 12.7. The quantitative estimate of drug-likeness (QED) is 0.857. The molecular formula is C21H21N3O3. The van der Waals surface area contributed by atoms with Gasteiger partial charge in [-0.3, -0.25) is 14.4 Å². The monoisotopic (exact) mass is 363 g/mol. The summed E-state index contributed by atoms with van der Waals surface area (Å²) in [4.78, 5) is 39.1. The first-order valence-corrected chi connectivity index (χ1v) is 9.18. The van der Waals surface area contributed by atoms with Gasteiger partial charge in [-0.25, -0.2) is 0 Å². The number of benzene rings is 2. The third-order valence-electron chi connectivity index (χ3n) is 4.91. The van der Waals surface area contributed by atoms with Crippen molar-refractivity contribution in [1.29, 1.82) is 0 Å².